The van der Waals surface area contributed by atoms with E-state index in [9.17, 15) is 0 Å². The second-order valence-corrected chi connectivity index (χ2v) is 2.13. The van der Waals surface area contributed by atoms with Crippen LogP contribution in [0, 0.1) is 0 Å². The van der Waals surface area contributed by atoms with Crippen LogP contribution in [0.1, 0.15) is 0 Å². The lowest BCUT2D eigenvalue weighted by Crippen LogP contribution is -2.31. The minimum atomic E-state index is 1.00. The molecule has 0 aliphatic carbocycles. The van der Waals surface area contributed by atoms with E-state index in [2.05, 4.69) is 5.43 Å². The van der Waals surface area contributed by atoms with Crippen molar-refractivity contribution in [2.75, 3.05) is 12.3 Å². The second-order valence-electron chi connectivity index (χ2n) is 1.07. The molecule has 0 aromatic rings. The van der Waals surface area contributed by atoms with E-state index in [0.717, 1.165) is 12.3 Å². The van der Waals surface area contributed by atoms with Gasteiger partial charge in [-0.25, -0.2) is 11.3 Å². The Labute approximate surface area is 40.9 Å². The van der Waals surface area contributed by atoms with Crippen LogP contribution >= 0.6 is 11.9 Å². The zero-order valence-electron chi connectivity index (χ0n) is 3.35. The molecule has 1 rings (SSSR count). The molecule has 36 valence electrons. The Morgan fingerprint density at radius 1 is 1.83 bits per heavy atom. The van der Waals surface area contributed by atoms with Crippen LogP contribution < -0.4 is 11.3 Å². The molecule has 0 saturated carbocycles. The van der Waals surface area contributed by atoms with Crippen LogP contribution in [-0.2, 0) is 0 Å². The number of nitrogens with one attached hydrogen (secondary N) is 1. The lowest BCUT2D eigenvalue weighted by atomic mass is 10.8. The first-order valence-corrected chi connectivity index (χ1v) is 2.75. The average molecular weight is 105 g/mol. The van der Waals surface area contributed by atoms with Crippen molar-refractivity contribution in [3.05, 3.63) is 0 Å². The Morgan fingerprint density at radius 2 is 2.67 bits per heavy atom. The first-order valence-electron chi connectivity index (χ1n) is 1.81. The van der Waals surface area contributed by atoms with E-state index in [-0.39, 0.29) is 0 Å². The molecule has 0 spiro atoms. The molecule has 1 saturated heterocycles. The van der Waals surface area contributed by atoms with E-state index in [1.807, 2.05) is 0 Å². The average Bonchev–Trinajstić information content (AvgIpc) is 1.86. The molecule has 1 aliphatic rings. The highest BCUT2D eigenvalue weighted by Gasteiger charge is 2.03. The Balaban J connectivity index is 2.18. The maximum Gasteiger partial charge on any atom is 0.0248 e. The summed E-state index contributed by atoms with van der Waals surface area (Å²) in [5.41, 5.74) is 2.89. The van der Waals surface area contributed by atoms with Crippen molar-refractivity contribution < 1.29 is 0 Å². The summed E-state index contributed by atoms with van der Waals surface area (Å²) in [7, 11) is 0. The van der Waals surface area contributed by atoms with Gasteiger partial charge in [0.1, 0.15) is 0 Å². The highest BCUT2D eigenvalue weighted by Crippen LogP contribution is 2.03. The monoisotopic (exact) mass is 105 g/mol. The van der Waals surface area contributed by atoms with E-state index in [1.54, 1.807) is 11.9 Å². The Kier molecular flexibility index (Phi) is 1.31. The fourth-order valence-electron chi connectivity index (χ4n) is 0.345. The van der Waals surface area contributed by atoms with E-state index >= 15 is 0 Å². The molecule has 3 nitrogen and oxygen atoms in total. The minimum absolute atomic E-state index is 1.00. The number of hydrogen-bond donors (Lipinski definition) is 2. The molecule has 0 atom stereocenters. The van der Waals surface area contributed by atoms with Crippen LogP contribution in [0.3, 0.4) is 0 Å². The summed E-state index contributed by atoms with van der Waals surface area (Å²) in [4.78, 5) is 0. The van der Waals surface area contributed by atoms with E-state index in [1.165, 1.54) is 4.52 Å². The second kappa shape index (κ2) is 1.79. The zero-order valence-corrected chi connectivity index (χ0v) is 4.16. The van der Waals surface area contributed by atoms with Gasteiger partial charge in [0, 0.05) is 12.3 Å². The number of hydrazine groups is 2. The molecule has 3 N–H and O–H groups in total. The van der Waals surface area contributed by atoms with Gasteiger partial charge in [0.05, 0.1) is 0 Å². The summed E-state index contributed by atoms with van der Waals surface area (Å²) in [6.07, 6.45) is 0. The van der Waals surface area contributed by atoms with Gasteiger partial charge in [-0.2, -0.15) is 0 Å². The molecule has 0 amide bonds. The lowest BCUT2D eigenvalue weighted by molar-refractivity contribution is 0.402. The molecule has 0 aromatic heterocycles. The quantitative estimate of drug-likeness (QED) is 0.316. The summed E-state index contributed by atoms with van der Waals surface area (Å²) >= 11 is 1.60. The molecule has 1 fully saturated rings. The molecule has 0 radical (unpaired) electrons. The van der Waals surface area contributed by atoms with Crippen LogP contribution in [0.15, 0.2) is 0 Å². The first kappa shape index (κ1) is 4.39. The Morgan fingerprint density at radius 3 is 2.83 bits per heavy atom. The fraction of sp³-hybridized carbons (Fsp3) is 1.00. The third-order valence-electron chi connectivity index (χ3n) is 0.600. The van der Waals surface area contributed by atoms with Gasteiger partial charge in [-0.3, -0.25) is 0 Å². The fourth-order valence-corrected chi connectivity index (χ4v) is 0.907. The van der Waals surface area contributed by atoms with Gasteiger partial charge in [-0.15, -0.1) is 4.52 Å². The van der Waals surface area contributed by atoms with Crippen LogP contribution in [0.2, 0.25) is 0 Å². The predicted molar refractivity (Wildman–Crippen MR) is 26.5 cm³/mol. The molecule has 0 aromatic carbocycles. The number of rotatable bonds is 0. The van der Waals surface area contributed by atoms with Crippen LogP contribution in [0.25, 0.3) is 0 Å². The smallest absolute Gasteiger partial charge is 0.0248 e. The third kappa shape index (κ3) is 0.844. The summed E-state index contributed by atoms with van der Waals surface area (Å²) < 4.78 is 1.53. The predicted octanol–water partition coefficient (Wildman–Crippen LogP) is -0.671. The normalized spacial score (nSPS) is 25.5. The van der Waals surface area contributed by atoms with Crippen molar-refractivity contribution in [3.8, 4) is 0 Å². The maximum absolute atomic E-state index is 5.22. The molecule has 1 aliphatic heterocycles. The summed E-state index contributed by atoms with van der Waals surface area (Å²) in [5, 5.41) is 0. The standard InChI is InChI=1S/C2H7N3S/c3-5-4-1-2-6-5/h4H,1-3H2. The first-order chi connectivity index (χ1) is 2.89. The van der Waals surface area contributed by atoms with Gasteiger partial charge in [0.2, 0.25) is 0 Å². The van der Waals surface area contributed by atoms with Crippen molar-refractivity contribution in [1.82, 2.24) is 9.95 Å². The number of nitrogens with zero attached hydrogens (tertiary/aromatic N) is 1. The highest BCUT2D eigenvalue weighted by molar-refractivity contribution is 7.97. The van der Waals surface area contributed by atoms with Crippen molar-refractivity contribution >= 4 is 11.9 Å². The van der Waals surface area contributed by atoms with Gasteiger partial charge in [0.25, 0.3) is 0 Å². The molecule has 1 heterocycles. The van der Waals surface area contributed by atoms with Crippen molar-refractivity contribution in [3.63, 3.8) is 0 Å². The molecular formula is C2H7N3S. The van der Waals surface area contributed by atoms with Gasteiger partial charge < -0.3 is 0 Å². The van der Waals surface area contributed by atoms with Crippen LogP contribution in [0.5, 0.6) is 0 Å². The number of nitrogens with two attached hydrogens (primary N) is 1. The van der Waals surface area contributed by atoms with Gasteiger partial charge in [0.15, 0.2) is 0 Å². The SMILES string of the molecule is NN1NCCS1. The lowest BCUT2D eigenvalue weighted by Gasteiger charge is -2.00. The van der Waals surface area contributed by atoms with E-state index in [0.29, 0.717) is 0 Å². The zero-order chi connectivity index (χ0) is 4.41. The van der Waals surface area contributed by atoms with Crippen molar-refractivity contribution in [1.29, 1.82) is 0 Å². The summed E-state index contributed by atoms with van der Waals surface area (Å²) in [5.74, 6) is 6.31. The molecule has 6 heavy (non-hydrogen) atoms. The highest BCUT2D eigenvalue weighted by atomic mass is 32.2. The summed E-state index contributed by atoms with van der Waals surface area (Å²) in [6.45, 7) is 1.00. The molecule has 4 heteroatoms. The van der Waals surface area contributed by atoms with Gasteiger partial charge in [-0.05, 0) is 11.9 Å². The van der Waals surface area contributed by atoms with E-state index < -0.39 is 0 Å². The van der Waals surface area contributed by atoms with Gasteiger partial charge >= 0.3 is 0 Å². The largest absolute Gasteiger partial charge is 0.245 e. The minimum Gasteiger partial charge on any atom is -0.245 e. The van der Waals surface area contributed by atoms with Gasteiger partial charge in [-0.1, -0.05) is 0 Å². The number of hydrogen-bond acceptors (Lipinski definition) is 4. The maximum atomic E-state index is 5.22. The van der Waals surface area contributed by atoms with Crippen LogP contribution in [-0.4, -0.2) is 16.8 Å². The van der Waals surface area contributed by atoms with Crippen molar-refractivity contribution in [2.24, 2.45) is 5.84 Å². The van der Waals surface area contributed by atoms with Crippen molar-refractivity contribution in [2.45, 2.75) is 0 Å². The Hall–Kier alpha value is 0.230. The van der Waals surface area contributed by atoms with E-state index in [4.69, 9.17) is 5.84 Å². The third-order valence-corrected chi connectivity index (χ3v) is 1.39. The molecular weight excluding hydrogens is 98.1 g/mol. The van der Waals surface area contributed by atoms with Crippen LogP contribution in [0.4, 0.5) is 0 Å². The topological polar surface area (TPSA) is 41.3 Å². The molecule has 0 bridgehead atoms. The Bertz CT molecular complexity index is 42.1. The summed E-state index contributed by atoms with van der Waals surface area (Å²) in [6, 6.07) is 0. The molecule has 0 unspecified atom stereocenters.